The number of carbonyl (C=O) groups is 2. The second-order valence-corrected chi connectivity index (χ2v) is 14.9. The predicted molar refractivity (Wildman–Crippen MR) is 224 cm³/mol. The average Bonchev–Trinajstić information content (AvgIpc) is 3.24. The lowest BCUT2D eigenvalue weighted by Gasteiger charge is -2.42. The molecule has 2 fully saturated rings. The number of esters is 2. The quantitative estimate of drug-likeness (QED) is 0.0235. The smallest absolute Gasteiger partial charge is 0.306 e. The van der Waals surface area contributed by atoms with E-state index in [1.54, 1.807) is 0 Å². The second-order valence-electron chi connectivity index (χ2n) is 14.9. The molecule has 2 rings (SSSR count). The third-order valence-corrected chi connectivity index (χ3v) is 9.80. The molecule has 0 aromatic carbocycles. The van der Waals surface area contributed by atoms with Crippen LogP contribution in [-0.2, 0) is 38.0 Å². The number of ether oxygens (including phenoxy) is 6. The van der Waals surface area contributed by atoms with E-state index < -0.39 is 99.3 Å². The first-order valence-electron chi connectivity index (χ1n) is 21.6. The van der Waals surface area contributed by atoms with E-state index in [4.69, 9.17) is 28.4 Å². The Kier molecular flexibility index (Phi) is 28.9. The van der Waals surface area contributed by atoms with Gasteiger partial charge in [-0.05, 0) is 44.9 Å². The van der Waals surface area contributed by atoms with Crippen LogP contribution in [0.2, 0.25) is 0 Å². The van der Waals surface area contributed by atoms with E-state index in [-0.39, 0.29) is 19.4 Å². The number of hydrogen-bond donors (Lipinski definition) is 7. The van der Waals surface area contributed by atoms with Crippen molar-refractivity contribution in [2.75, 3.05) is 26.4 Å². The van der Waals surface area contributed by atoms with Gasteiger partial charge in [-0.1, -0.05) is 119 Å². The molecule has 0 saturated carbocycles. The Morgan fingerprint density at radius 1 is 0.550 bits per heavy atom. The molecule has 0 spiro atoms. The summed E-state index contributed by atoms with van der Waals surface area (Å²) in [4.78, 5) is 25.5. The van der Waals surface area contributed by atoms with Gasteiger partial charge >= 0.3 is 11.9 Å². The van der Waals surface area contributed by atoms with Crippen molar-refractivity contribution in [2.24, 2.45) is 0 Å². The molecule has 11 atom stereocenters. The average molecular weight is 853 g/mol. The molecule has 2 heterocycles. The normalized spacial score (nSPS) is 28.3. The number of hydrogen-bond acceptors (Lipinski definition) is 15. The number of aliphatic hydroxyl groups is 7. The minimum Gasteiger partial charge on any atom is -0.462 e. The maximum Gasteiger partial charge on any atom is 0.306 e. The molecule has 7 N–H and O–H groups in total. The molecule has 0 amide bonds. The Morgan fingerprint density at radius 3 is 1.73 bits per heavy atom. The highest BCUT2D eigenvalue weighted by molar-refractivity contribution is 5.70. The lowest BCUT2D eigenvalue weighted by molar-refractivity contribution is -0.332. The molecule has 15 heteroatoms. The van der Waals surface area contributed by atoms with Crippen LogP contribution in [0.25, 0.3) is 0 Å². The van der Waals surface area contributed by atoms with Crippen molar-refractivity contribution in [1.29, 1.82) is 0 Å². The lowest BCUT2D eigenvalue weighted by Crippen LogP contribution is -2.61. The fourth-order valence-corrected chi connectivity index (χ4v) is 6.17. The van der Waals surface area contributed by atoms with Crippen LogP contribution in [0.1, 0.15) is 104 Å². The van der Waals surface area contributed by atoms with Crippen LogP contribution in [-0.4, -0.2) is 142 Å². The molecule has 2 saturated heterocycles. The third kappa shape index (κ3) is 21.6. The number of carbonyl (C=O) groups excluding carboxylic acids is 2. The molecule has 5 unspecified atom stereocenters. The minimum atomic E-state index is -1.78. The van der Waals surface area contributed by atoms with Gasteiger partial charge in [0.25, 0.3) is 0 Å². The van der Waals surface area contributed by atoms with Gasteiger partial charge in [-0.15, -0.1) is 0 Å². The Balaban J connectivity index is 1.92. The molecule has 342 valence electrons. The van der Waals surface area contributed by atoms with Gasteiger partial charge in [0.05, 0.1) is 19.8 Å². The summed E-state index contributed by atoms with van der Waals surface area (Å²) in [5.74, 6) is -1.03. The highest BCUT2D eigenvalue weighted by Crippen LogP contribution is 2.26. The van der Waals surface area contributed by atoms with Crippen molar-refractivity contribution in [2.45, 2.75) is 171 Å². The van der Waals surface area contributed by atoms with Crippen LogP contribution in [0.15, 0.2) is 72.9 Å². The maximum atomic E-state index is 12.9. The topological polar surface area (TPSA) is 231 Å². The van der Waals surface area contributed by atoms with Crippen molar-refractivity contribution < 1.29 is 73.8 Å². The van der Waals surface area contributed by atoms with Gasteiger partial charge in [0.1, 0.15) is 55.4 Å². The summed E-state index contributed by atoms with van der Waals surface area (Å²) >= 11 is 0. The number of allylic oxidation sites excluding steroid dienone is 12. The molecule has 0 bridgehead atoms. The molecular formula is C45H72O15. The van der Waals surface area contributed by atoms with Gasteiger partial charge < -0.3 is 64.2 Å². The van der Waals surface area contributed by atoms with E-state index in [0.29, 0.717) is 19.3 Å². The highest BCUT2D eigenvalue weighted by Gasteiger charge is 2.47. The molecule has 2 aliphatic rings. The Bertz CT molecular complexity index is 1330. The molecule has 0 aromatic heterocycles. The number of aliphatic hydroxyl groups excluding tert-OH is 7. The van der Waals surface area contributed by atoms with Crippen molar-refractivity contribution in [3.63, 3.8) is 0 Å². The molecular weight excluding hydrogens is 780 g/mol. The zero-order valence-corrected chi connectivity index (χ0v) is 35.4. The van der Waals surface area contributed by atoms with E-state index in [1.165, 1.54) is 12.8 Å². The van der Waals surface area contributed by atoms with Gasteiger partial charge in [0, 0.05) is 12.8 Å². The van der Waals surface area contributed by atoms with E-state index >= 15 is 0 Å². The van der Waals surface area contributed by atoms with E-state index in [2.05, 4.69) is 32.1 Å². The van der Waals surface area contributed by atoms with E-state index in [0.717, 1.165) is 44.9 Å². The van der Waals surface area contributed by atoms with Crippen LogP contribution in [0.5, 0.6) is 0 Å². The first-order valence-corrected chi connectivity index (χ1v) is 21.6. The first-order chi connectivity index (χ1) is 29.0. The van der Waals surface area contributed by atoms with Crippen LogP contribution >= 0.6 is 0 Å². The summed E-state index contributed by atoms with van der Waals surface area (Å²) in [5, 5.41) is 71.7. The molecule has 0 aliphatic carbocycles. The SMILES string of the molecule is CC/C=C/C=C/C=C/C=C/C=C/CCCC(=O)OC(COC(=O)CCCCCCC/C=C/CCCC)CO[C@@H]1O[C@H](CO[C@@H]2O[C@H](CO)[C@H](O)C(O)C2O)[C@H](O)C(O)C1O. The molecule has 60 heavy (non-hydrogen) atoms. The number of rotatable bonds is 30. The molecule has 15 nitrogen and oxygen atoms in total. The molecule has 2 aliphatic heterocycles. The molecule has 0 aromatic rings. The van der Waals surface area contributed by atoms with Gasteiger partial charge in [-0.25, -0.2) is 0 Å². The largest absolute Gasteiger partial charge is 0.462 e. The summed E-state index contributed by atoms with van der Waals surface area (Å²) in [5.41, 5.74) is 0. The summed E-state index contributed by atoms with van der Waals surface area (Å²) in [7, 11) is 0. The van der Waals surface area contributed by atoms with Crippen LogP contribution < -0.4 is 0 Å². The standard InChI is InChI=1S/C45H72O15/c1-3-5-7-9-11-13-15-16-18-20-22-24-26-28-37(48)58-33(30-55-36(47)27-25-23-21-19-17-14-12-10-8-6-4-2)31-56-44-43(54)41(52)39(50)35(60-44)32-57-45-42(53)40(51)38(49)34(29-46)59-45/h5,7,9-13,15-16,18,20,22,33-35,38-46,49-54H,3-4,6,8,14,17,19,21,23-32H2,1-2H3/b7-5+,11-9+,12-10+,15-13+,18-16+,22-20+/t33?,34-,35-,38+,39+,40?,41?,42?,43?,44-,45-/m1/s1. The molecule has 0 radical (unpaired) electrons. The fourth-order valence-electron chi connectivity index (χ4n) is 6.17. The second kappa shape index (κ2) is 32.6. The lowest BCUT2D eigenvalue weighted by atomic mass is 9.98. The maximum absolute atomic E-state index is 12.9. The van der Waals surface area contributed by atoms with Gasteiger partial charge in [-0.2, -0.15) is 0 Å². The van der Waals surface area contributed by atoms with Crippen LogP contribution in [0, 0.1) is 0 Å². The minimum absolute atomic E-state index is 0.0633. The van der Waals surface area contributed by atoms with E-state index in [1.807, 2.05) is 54.7 Å². The van der Waals surface area contributed by atoms with Crippen molar-refractivity contribution in [3.8, 4) is 0 Å². The Labute approximate surface area is 355 Å². The summed E-state index contributed by atoms with van der Waals surface area (Å²) in [6.45, 7) is 2.26. The first kappa shape index (κ1) is 53.1. The van der Waals surface area contributed by atoms with Crippen molar-refractivity contribution in [1.82, 2.24) is 0 Å². The van der Waals surface area contributed by atoms with Crippen molar-refractivity contribution >= 4 is 11.9 Å². The summed E-state index contributed by atoms with van der Waals surface area (Å²) < 4.78 is 33.3. The summed E-state index contributed by atoms with van der Waals surface area (Å²) in [6, 6.07) is 0. The fraction of sp³-hybridized carbons (Fsp3) is 0.689. The zero-order chi connectivity index (χ0) is 44.0. The Morgan fingerprint density at radius 2 is 1.08 bits per heavy atom. The van der Waals surface area contributed by atoms with Crippen molar-refractivity contribution in [3.05, 3.63) is 72.9 Å². The number of unbranched alkanes of at least 4 members (excludes halogenated alkanes) is 8. The van der Waals surface area contributed by atoms with Gasteiger partial charge in [0.15, 0.2) is 18.7 Å². The third-order valence-electron chi connectivity index (χ3n) is 9.80. The highest BCUT2D eigenvalue weighted by atomic mass is 16.7. The predicted octanol–water partition coefficient (Wildman–Crippen LogP) is 3.92. The summed E-state index contributed by atoms with van der Waals surface area (Å²) in [6.07, 6.45) is 18.3. The van der Waals surface area contributed by atoms with Crippen LogP contribution in [0.4, 0.5) is 0 Å². The zero-order valence-electron chi connectivity index (χ0n) is 35.4. The van der Waals surface area contributed by atoms with Gasteiger partial charge in [0.2, 0.25) is 0 Å². The Hall–Kier alpha value is -3.06. The van der Waals surface area contributed by atoms with E-state index in [9.17, 15) is 45.3 Å². The monoisotopic (exact) mass is 852 g/mol. The van der Waals surface area contributed by atoms with Gasteiger partial charge in [-0.3, -0.25) is 9.59 Å². The van der Waals surface area contributed by atoms with Crippen LogP contribution in [0.3, 0.4) is 0 Å².